The molecule has 0 atom stereocenters. The van der Waals surface area contributed by atoms with Gasteiger partial charge in [-0.2, -0.15) is 4.98 Å². The van der Waals surface area contributed by atoms with Crippen LogP contribution >= 0.6 is 15.9 Å². The number of anilines is 1. The normalized spacial score (nSPS) is 10.8. The predicted octanol–water partition coefficient (Wildman–Crippen LogP) is 2.80. The van der Waals surface area contributed by atoms with Gasteiger partial charge < -0.3 is 15.5 Å². The first-order chi connectivity index (χ1) is 9.15. The molecule has 0 saturated carbocycles. The second-order valence-corrected chi connectivity index (χ2v) is 4.94. The SMILES string of the molecule is Cc1cc(Br)cc(N)c1Oc1ncnc2nc[nH]c12. The molecule has 0 saturated heterocycles. The summed E-state index contributed by atoms with van der Waals surface area (Å²) in [5, 5.41) is 0. The van der Waals surface area contributed by atoms with Gasteiger partial charge in [0.15, 0.2) is 11.4 Å². The van der Waals surface area contributed by atoms with E-state index >= 15 is 0 Å². The standard InChI is InChI=1S/C12H10BrN5O/c1-6-2-7(13)3-8(14)10(6)19-12-9-11(16-4-15-9)17-5-18-12/h2-5H,14H2,1H3,(H,15,16,17,18). The molecular weight excluding hydrogens is 310 g/mol. The molecule has 96 valence electrons. The first-order valence-corrected chi connectivity index (χ1v) is 6.32. The van der Waals surface area contributed by atoms with Crippen molar-refractivity contribution < 1.29 is 4.74 Å². The van der Waals surface area contributed by atoms with E-state index in [0.717, 1.165) is 10.0 Å². The minimum absolute atomic E-state index is 0.402. The molecule has 0 aliphatic carbocycles. The highest BCUT2D eigenvalue weighted by Gasteiger charge is 2.12. The molecule has 3 rings (SSSR count). The van der Waals surface area contributed by atoms with Gasteiger partial charge in [0.1, 0.15) is 11.8 Å². The Morgan fingerprint density at radius 2 is 2.11 bits per heavy atom. The second kappa shape index (κ2) is 4.51. The Morgan fingerprint density at radius 3 is 2.89 bits per heavy atom. The molecule has 1 aromatic carbocycles. The number of benzene rings is 1. The highest BCUT2D eigenvalue weighted by molar-refractivity contribution is 9.10. The zero-order valence-electron chi connectivity index (χ0n) is 10.0. The number of hydrogen-bond donors (Lipinski definition) is 2. The van der Waals surface area contributed by atoms with Crippen LogP contribution in [0.1, 0.15) is 5.56 Å². The van der Waals surface area contributed by atoms with E-state index in [1.807, 2.05) is 13.0 Å². The molecule has 0 spiro atoms. The number of nitrogens with one attached hydrogen (secondary N) is 1. The summed E-state index contributed by atoms with van der Waals surface area (Å²) in [6, 6.07) is 3.71. The first kappa shape index (κ1) is 11.9. The van der Waals surface area contributed by atoms with E-state index in [4.69, 9.17) is 10.5 Å². The summed E-state index contributed by atoms with van der Waals surface area (Å²) in [7, 11) is 0. The quantitative estimate of drug-likeness (QED) is 0.709. The third kappa shape index (κ3) is 2.12. The number of ether oxygens (including phenoxy) is 1. The van der Waals surface area contributed by atoms with Gasteiger partial charge in [0, 0.05) is 4.47 Å². The van der Waals surface area contributed by atoms with Crippen molar-refractivity contribution in [3.05, 3.63) is 34.8 Å². The number of imidazole rings is 1. The molecule has 3 aromatic rings. The van der Waals surface area contributed by atoms with Gasteiger partial charge in [-0.15, -0.1) is 0 Å². The molecule has 3 N–H and O–H groups in total. The van der Waals surface area contributed by atoms with Crippen LogP contribution in [0.5, 0.6) is 11.6 Å². The maximum absolute atomic E-state index is 5.97. The zero-order valence-corrected chi connectivity index (χ0v) is 11.6. The molecule has 0 aliphatic rings. The Balaban J connectivity index is 2.09. The van der Waals surface area contributed by atoms with Gasteiger partial charge in [-0.1, -0.05) is 15.9 Å². The number of nitrogens with zero attached hydrogens (tertiary/aromatic N) is 3. The lowest BCUT2D eigenvalue weighted by Crippen LogP contribution is -1.97. The van der Waals surface area contributed by atoms with Crippen LogP contribution in [0.4, 0.5) is 5.69 Å². The van der Waals surface area contributed by atoms with E-state index in [1.54, 1.807) is 12.4 Å². The number of aryl methyl sites for hydroxylation is 1. The highest BCUT2D eigenvalue weighted by Crippen LogP contribution is 2.34. The second-order valence-electron chi connectivity index (χ2n) is 4.02. The largest absolute Gasteiger partial charge is 0.434 e. The van der Waals surface area contributed by atoms with E-state index in [9.17, 15) is 0 Å². The minimum Gasteiger partial charge on any atom is -0.434 e. The van der Waals surface area contributed by atoms with Crippen LogP contribution in [0.25, 0.3) is 11.2 Å². The molecule has 7 heteroatoms. The van der Waals surface area contributed by atoms with Crippen molar-refractivity contribution in [3.8, 4) is 11.6 Å². The van der Waals surface area contributed by atoms with Crippen LogP contribution < -0.4 is 10.5 Å². The van der Waals surface area contributed by atoms with Crippen LogP contribution in [-0.2, 0) is 0 Å². The molecule has 2 heterocycles. The third-order valence-corrected chi connectivity index (χ3v) is 3.11. The van der Waals surface area contributed by atoms with Gasteiger partial charge in [0.25, 0.3) is 0 Å². The van der Waals surface area contributed by atoms with E-state index in [2.05, 4.69) is 35.9 Å². The lowest BCUT2D eigenvalue weighted by Gasteiger charge is -2.11. The number of rotatable bonds is 2. The number of aromatic amines is 1. The zero-order chi connectivity index (χ0) is 13.4. The minimum atomic E-state index is 0.402. The number of hydrogen-bond acceptors (Lipinski definition) is 5. The van der Waals surface area contributed by atoms with Crippen molar-refractivity contribution in [2.75, 3.05) is 5.73 Å². The number of fused-ring (bicyclic) bond motifs is 1. The number of aromatic nitrogens is 4. The summed E-state index contributed by atoms with van der Waals surface area (Å²) in [6.07, 6.45) is 2.95. The van der Waals surface area contributed by atoms with Gasteiger partial charge in [-0.25, -0.2) is 9.97 Å². The average molecular weight is 320 g/mol. The first-order valence-electron chi connectivity index (χ1n) is 5.52. The van der Waals surface area contributed by atoms with Crippen molar-refractivity contribution in [2.45, 2.75) is 6.92 Å². The molecule has 0 radical (unpaired) electrons. The summed E-state index contributed by atoms with van der Waals surface area (Å²) in [5.41, 5.74) is 8.62. The molecule has 2 aromatic heterocycles. The van der Waals surface area contributed by atoms with Gasteiger partial charge in [0.2, 0.25) is 5.88 Å². The number of halogens is 1. The highest BCUT2D eigenvalue weighted by atomic mass is 79.9. The lowest BCUT2D eigenvalue weighted by molar-refractivity contribution is 0.466. The molecule has 6 nitrogen and oxygen atoms in total. The molecule has 19 heavy (non-hydrogen) atoms. The molecule has 0 unspecified atom stereocenters. The molecule has 0 bridgehead atoms. The smallest absolute Gasteiger partial charge is 0.248 e. The van der Waals surface area contributed by atoms with Gasteiger partial charge >= 0.3 is 0 Å². The Kier molecular flexibility index (Phi) is 2.83. The van der Waals surface area contributed by atoms with Gasteiger partial charge in [-0.05, 0) is 24.6 Å². The van der Waals surface area contributed by atoms with E-state index < -0.39 is 0 Å². The monoisotopic (exact) mass is 319 g/mol. The Morgan fingerprint density at radius 1 is 1.26 bits per heavy atom. The molecular formula is C12H10BrN5O. The van der Waals surface area contributed by atoms with Crippen LogP contribution in [-0.4, -0.2) is 19.9 Å². The van der Waals surface area contributed by atoms with E-state index in [0.29, 0.717) is 28.5 Å². The fourth-order valence-corrected chi connectivity index (χ4v) is 2.40. The maximum Gasteiger partial charge on any atom is 0.248 e. The fourth-order valence-electron chi connectivity index (χ4n) is 1.81. The summed E-state index contributed by atoms with van der Waals surface area (Å²) >= 11 is 3.39. The number of nitrogen functional groups attached to an aromatic ring is 1. The predicted molar refractivity (Wildman–Crippen MR) is 75.0 cm³/mol. The summed E-state index contributed by atoms with van der Waals surface area (Å²) in [4.78, 5) is 15.1. The average Bonchev–Trinajstić information content (AvgIpc) is 2.82. The molecule has 0 amide bonds. The summed E-state index contributed by atoms with van der Waals surface area (Å²) in [5.74, 6) is 0.984. The number of nitrogens with two attached hydrogens (primary N) is 1. The van der Waals surface area contributed by atoms with Crippen molar-refractivity contribution in [2.24, 2.45) is 0 Å². The molecule has 0 aliphatic heterocycles. The van der Waals surface area contributed by atoms with Crippen molar-refractivity contribution in [1.29, 1.82) is 0 Å². The van der Waals surface area contributed by atoms with Crippen LogP contribution in [0.2, 0.25) is 0 Å². The van der Waals surface area contributed by atoms with Crippen molar-refractivity contribution in [3.63, 3.8) is 0 Å². The van der Waals surface area contributed by atoms with Crippen molar-refractivity contribution >= 4 is 32.8 Å². The summed E-state index contributed by atoms with van der Waals surface area (Å²) in [6.45, 7) is 1.92. The Hall–Kier alpha value is -2.15. The lowest BCUT2D eigenvalue weighted by atomic mass is 10.2. The van der Waals surface area contributed by atoms with Gasteiger partial charge in [0.05, 0.1) is 12.0 Å². The van der Waals surface area contributed by atoms with Crippen molar-refractivity contribution in [1.82, 2.24) is 19.9 Å². The van der Waals surface area contributed by atoms with Crippen LogP contribution in [0.3, 0.4) is 0 Å². The topological polar surface area (TPSA) is 89.7 Å². The maximum atomic E-state index is 5.97. The van der Waals surface area contributed by atoms with Gasteiger partial charge in [-0.3, -0.25) is 0 Å². The number of H-pyrrole nitrogens is 1. The van der Waals surface area contributed by atoms with E-state index in [1.165, 1.54) is 6.33 Å². The third-order valence-electron chi connectivity index (χ3n) is 2.66. The Bertz CT molecular complexity index is 732. The Labute approximate surface area is 117 Å². The van der Waals surface area contributed by atoms with E-state index in [-0.39, 0.29) is 0 Å². The fraction of sp³-hybridized carbons (Fsp3) is 0.0833. The van der Waals surface area contributed by atoms with Crippen LogP contribution in [0.15, 0.2) is 29.3 Å². The molecule has 0 fully saturated rings. The summed E-state index contributed by atoms with van der Waals surface area (Å²) < 4.78 is 6.71. The van der Waals surface area contributed by atoms with Crippen LogP contribution in [0, 0.1) is 6.92 Å².